The van der Waals surface area contributed by atoms with E-state index in [2.05, 4.69) is 27.7 Å². The van der Waals surface area contributed by atoms with E-state index in [1.165, 1.54) is 25.7 Å². The quantitative estimate of drug-likeness (QED) is 0.661. The van der Waals surface area contributed by atoms with Crippen LogP contribution in [0.2, 0.25) is 0 Å². The highest BCUT2D eigenvalue weighted by Crippen LogP contribution is 2.74. The van der Waals surface area contributed by atoms with Gasteiger partial charge in [-0.25, -0.2) is 0 Å². The molecule has 1 spiro atoms. The molecule has 1 aliphatic heterocycles. The number of hydrogen-bond donors (Lipinski definition) is 0. The topological polar surface area (TPSA) is 38.8 Å². The van der Waals surface area contributed by atoms with Crippen LogP contribution in [-0.2, 0) is 14.3 Å². The SMILES string of the molecule is COC1CC[C@]2(C)[C@@H]3CC[C@]4(C)C(=O)C(C)(C)C[C@H]4[C@@H]3CC3OC32C1. The largest absolute Gasteiger partial charge is 0.381 e. The number of carbonyl (C=O) groups excluding carboxylic acids is 1. The second kappa shape index (κ2) is 4.70. The monoisotopic (exact) mass is 346 g/mol. The first-order valence-electron chi connectivity index (χ1n) is 10.4. The van der Waals surface area contributed by atoms with Gasteiger partial charge in [0.15, 0.2) is 0 Å². The van der Waals surface area contributed by atoms with Crippen LogP contribution >= 0.6 is 0 Å². The Morgan fingerprint density at radius 1 is 1.04 bits per heavy atom. The van der Waals surface area contributed by atoms with Gasteiger partial charge in [0.25, 0.3) is 0 Å². The highest BCUT2D eigenvalue weighted by atomic mass is 16.6. The van der Waals surface area contributed by atoms with Crippen molar-refractivity contribution in [3.63, 3.8) is 0 Å². The summed E-state index contributed by atoms with van der Waals surface area (Å²) in [6.45, 7) is 9.16. The molecule has 0 aromatic heterocycles. The Kier molecular flexibility index (Phi) is 3.15. The Balaban J connectivity index is 1.50. The van der Waals surface area contributed by atoms with Gasteiger partial charge in [-0.2, -0.15) is 0 Å². The molecule has 5 rings (SSSR count). The number of rotatable bonds is 1. The molecule has 25 heavy (non-hydrogen) atoms. The lowest BCUT2D eigenvalue weighted by molar-refractivity contribution is -0.141. The number of fused-ring (bicyclic) bond motifs is 4. The number of Topliss-reactive ketones (excluding diaryl/α,β-unsaturated/α-hetero) is 1. The minimum absolute atomic E-state index is 0.0823. The van der Waals surface area contributed by atoms with E-state index < -0.39 is 0 Å². The Labute approximate surface area is 152 Å². The van der Waals surface area contributed by atoms with Gasteiger partial charge in [0.05, 0.1) is 12.2 Å². The third-order valence-corrected chi connectivity index (χ3v) is 9.63. The second-order valence-corrected chi connectivity index (χ2v) is 11.0. The van der Waals surface area contributed by atoms with Crippen LogP contribution in [0, 0.1) is 34.0 Å². The number of methoxy groups -OCH3 is 1. The molecular formula is C22H34O3. The predicted octanol–water partition coefficient (Wildman–Crippen LogP) is 4.38. The van der Waals surface area contributed by atoms with Gasteiger partial charge in [0.2, 0.25) is 0 Å². The minimum atomic E-state index is -0.137. The summed E-state index contributed by atoms with van der Waals surface area (Å²) < 4.78 is 12.2. The highest BCUT2D eigenvalue weighted by Gasteiger charge is 2.76. The molecule has 0 amide bonds. The summed E-state index contributed by atoms with van der Waals surface area (Å²) in [4.78, 5) is 13.1. The Hall–Kier alpha value is -0.410. The molecule has 5 aliphatic rings. The third-order valence-electron chi connectivity index (χ3n) is 9.63. The number of ketones is 1. The fourth-order valence-corrected chi connectivity index (χ4v) is 8.24. The second-order valence-electron chi connectivity index (χ2n) is 11.0. The summed E-state index contributed by atoms with van der Waals surface area (Å²) in [6, 6.07) is 0. The van der Waals surface area contributed by atoms with Gasteiger partial charge in [0.1, 0.15) is 11.4 Å². The summed E-state index contributed by atoms with van der Waals surface area (Å²) >= 11 is 0. The van der Waals surface area contributed by atoms with Gasteiger partial charge in [-0.3, -0.25) is 4.79 Å². The molecule has 0 aromatic carbocycles. The summed E-state index contributed by atoms with van der Waals surface area (Å²) in [5.41, 5.74) is 0.146. The first-order valence-corrected chi connectivity index (χ1v) is 10.4. The molecule has 140 valence electrons. The Morgan fingerprint density at radius 2 is 1.80 bits per heavy atom. The number of carbonyl (C=O) groups is 1. The van der Waals surface area contributed by atoms with Crippen LogP contribution in [0.25, 0.3) is 0 Å². The zero-order valence-electron chi connectivity index (χ0n) is 16.6. The highest BCUT2D eigenvalue weighted by molar-refractivity contribution is 5.92. The van der Waals surface area contributed by atoms with Gasteiger partial charge in [-0.15, -0.1) is 0 Å². The van der Waals surface area contributed by atoms with Crippen LogP contribution in [-0.4, -0.2) is 30.7 Å². The minimum Gasteiger partial charge on any atom is -0.381 e. The van der Waals surface area contributed by atoms with Gasteiger partial charge in [0, 0.05) is 29.8 Å². The first kappa shape index (κ1) is 16.7. The molecule has 5 fully saturated rings. The van der Waals surface area contributed by atoms with Crippen molar-refractivity contribution in [3.05, 3.63) is 0 Å². The maximum absolute atomic E-state index is 13.1. The van der Waals surface area contributed by atoms with E-state index in [1.54, 1.807) is 0 Å². The molecule has 1 saturated heterocycles. The molecule has 1 heterocycles. The van der Waals surface area contributed by atoms with Crippen molar-refractivity contribution < 1.29 is 14.3 Å². The number of epoxide rings is 1. The average Bonchev–Trinajstić information content (AvgIpc) is 3.23. The van der Waals surface area contributed by atoms with E-state index in [0.29, 0.717) is 29.8 Å². The van der Waals surface area contributed by atoms with Crippen LogP contribution in [0.3, 0.4) is 0 Å². The molecule has 0 bridgehead atoms. The van der Waals surface area contributed by atoms with Crippen LogP contribution in [0.4, 0.5) is 0 Å². The molecule has 3 heteroatoms. The zero-order chi connectivity index (χ0) is 17.8. The summed E-state index contributed by atoms with van der Waals surface area (Å²) in [5, 5.41) is 0. The molecule has 0 aromatic rings. The van der Waals surface area contributed by atoms with E-state index in [1.807, 2.05) is 7.11 Å². The van der Waals surface area contributed by atoms with Crippen LogP contribution in [0.15, 0.2) is 0 Å². The fourth-order valence-electron chi connectivity index (χ4n) is 8.24. The lowest BCUT2D eigenvalue weighted by Gasteiger charge is -2.58. The summed E-state index contributed by atoms with van der Waals surface area (Å²) in [7, 11) is 1.85. The van der Waals surface area contributed by atoms with Crippen LogP contribution in [0.1, 0.15) is 72.6 Å². The molecule has 3 nitrogen and oxygen atoms in total. The van der Waals surface area contributed by atoms with Crippen LogP contribution in [0.5, 0.6) is 0 Å². The number of hydrogen-bond acceptors (Lipinski definition) is 3. The van der Waals surface area contributed by atoms with Crippen molar-refractivity contribution in [2.45, 2.75) is 90.4 Å². The van der Waals surface area contributed by atoms with Crippen molar-refractivity contribution in [3.8, 4) is 0 Å². The van der Waals surface area contributed by atoms with Gasteiger partial charge < -0.3 is 9.47 Å². The van der Waals surface area contributed by atoms with Gasteiger partial charge in [-0.05, 0) is 56.3 Å². The maximum atomic E-state index is 13.1. The van der Waals surface area contributed by atoms with E-state index in [-0.39, 0.29) is 21.8 Å². The first-order chi connectivity index (χ1) is 11.7. The molecule has 3 unspecified atom stereocenters. The smallest absolute Gasteiger partial charge is 0.144 e. The summed E-state index contributed by atoms with van der Waals surface area (Å²) in [6.07, 6.45) is 8.83. The molecule has 0 N–H and O–H groups in total. The average molecular weight is 347 g/mol. The van der Waals surface area contributed by atoms with Crippen molar-refractivity contribution in [1.82, 2.24) is 0 Å². The Morgan fingerprint density at radius 3 is 2.52 bits per heavy atom. The normalized spacial score (nSPS) is 58.8. The van der Waals surface area contributed by atoms with E-state index in [9.17, 15) is 4.79 Å². The zero-order valence-corrected chi connectivity index (χ0v) is 16.6. The Bertz CT molecular complexity index is 627. The standard InChI is InChI=1S/C22H34O3/c1-19(2)12-16-14-10-17-22(25-17)11-13(24-5)6-9-21(22,4)15(14)7-8-20(16,3)18(19)23/h13-17H,6-12H2,1-5H3/t13?,14-,15-,16+,17?,20+,21-,22?/m1/s1. The summed E-state index contributed by atoms with van der Waals surface area (Å²) in [5.74, 6) is 2.50. The van der Waals surface area contributed by atoms with E-state index in [4.69, 9.17) is 9.47 Å². The molecule has 8 atom stereocenters. The van der Waals surface area contributed by atoms with Crippen LogP contribution < -0.4 is 0 Å². The lowest BCUT2D eigenvalue weighted by atomic mass is 9.45. The van der Waals surface area contributed by atoms with Crippen molar-refractivity contribution >= 4 is 5.78 Å². The molecule has 4 saturated carbocycles. The van der Waals surface area contributed by atoms with Crippen molar-refractivity contribution in [2.75, 3.05) is 7.11 Å². The molecule has 0 radical (unpaired) electrons. The van der Waals surface area contributed by atoms with Gasteiger partial charge in [-0.1, -0.05) is 27.7 Å². The maximum Gasteiger partial charge on any atom is 0.144 e. The van der Waals surface area contributed by atoms with E-state index in [0.717, 1.165) is 25.2 Å². The molecular weight excluding hydrogens is 312 g/mol. The predicted molar refractivity (Wildman–Crippen MR) is 96.2 cm³/mol. The van der Waals surface area contributed by atoms with Crippen molar-refractivity contribution in [2.24, 2.45) is 34.0 Å². The lowest BCUT2D eigenvalue weighted by Crippen LogP contribution is -2.58. The number of ether oxygens (including phenoxy) is 2. The fraction of sp³-hybridized carbons (Fsp3) is 0.955. The molecule has 4 aliphatic carbocycles. The van der Waals surface area contributed by atoms with Gasteiger partial charge >= 0.3 is 0 Å². The van der Waals surface area contributed by atoms with Crippen molar-refractivity contribution in [1.29, 1.82) is 0 Å². The van der Waals surface area contributed by atoms with E-state index >= 15 is 0 Å². The third kappa shape index (κ3) is 1.83.